The number of halogens is 2. The average molecular weight is 477 g/mol. The van der Waals surface area contributed by atoms with Gasteiger partial charge in [0, 0.05) is 23.8 Å². The first-order valence-corrected chi connectivity index (χ1v) is 11.6. The van der Waals surface area contributed by atoms with Gasteiger partial charge in [0.1, 0.15) is 6.61 Å². The van der Waals surface area contributed by atoms with Crippen LogP contribution in [0.25, 0.3) is 5.69 Å². The van der Waals surface area contributed by atoms with Crippen molar-refractivity contribution in [3.63, 3.8) is 0 Å². The largest absolute Gasteiger partial charge is 0.390 e. The van der Waals surface area contributed by atoms with E-state index >= 15 is 0 Å². The van der Waals surface area contributed by atoms with E-state index in [9.17, 15) is 26.8 Å². The van der Waals surface area contributed by atoms with Crippen molar-refractivity contribution in [2.75, 3.05) is 12.9 Å². The molecular weight excluding hydrogens is 456 g/mol. The third-order valence-corrected chi connectivity index (χ3v) is 6.27. The van der Waals surface area contributed by atoms with Crippen molar-refractivity contribution in [3.05, 3.63) is 87.3 Å². The molecule has 1 atom stereocenters. The molecule has 0 aliphatic rings. The standard InChI is InChI=1S/C22H21F2N3O5S/c1-13(14-5-3-6-15(9-14)22(23,24)12-28)18-11-19(29)27(26-20(18)21(25)30)16-7-4-8-17(10-16)33(2,31)32/h3-11,13,28H,12H2,1-2H3,(H2,25,30). The van der Waals surface area contributed by atoms with E-state index in [0.717, 1.165) is 23.1 Å². The summed E-state index contributed by atoms with van der Waals surface area (Å²) in [5.74, 6) is -5.14. The number of aliphatic hydroxyl groups is 1. The van der Waals surface area contributed by atoms with Gasteiger partial charge in [-0.25, -0.2) is 8.42 Å². The van der Waals surface area contributed by atoms with Crippen LogP contribution in [0.5, 0.6) is 0 Å². The number of carbonyl (C=O) groups is 1. The number of aromatic nitrogens is 2. The molecule has 0 bridgehead atoms. The summed E-state index contributed by atoms with van der Waals surface area (Å²) < 4.78 is 52.4. The summed E-state index contributed by atoms with van der Waals surface area (Å²) in [5, 5.41) is 13.0. The molecule has 0 aliphatic heterocycles. The Kier molecular flexibility index (Phi) is 6.48. The van der Waals surface area contributed by atoms with Crippen molar-refractivity contribution in [1.29, 1.82) is 0 Å². The lowest BCUT2D eigenvalue weighted by Gasteiger charge is -2.19. The van der Waals surface area contributed by atoms with Gasteiger partial charge in [-0.1, -0.05) is 31.2 Å². The first-order chi connectivity index (χ1) is 15.3. The normalized spacial score (nSPS) is 13.0. The van der Waals surface area contributed by atoms with Gasteiger partial charge in [0.2, 0.25) is 0 Å². The number of rotatable bonds is 7. The predicted molar refractivity (Wildman–Crippen MR) is 116 cm³/mol. The van der Waals surface area contributed by atoms with E-state index in [1.807, 2.05) is 0 Å². The number of carbonyl (C=O) groups excluding carboxylic acids is 1. The highest BCUT2D eigenvalue weighted by Gasteiger charge is 2.31. The highest BCUT2D eigenvalue weighted by Crippen LogP contribution is 2.32. The number of primary amides is 1. The van der Waals surface area contributed by atoms with E-state index in [2.05, 4.69) is 5.10 Å². The molecule has 8 nitrogen and oxygen atoms in total. The molecule has 0 aliphatic carbocycles. The van der Waals surface area contributed by atoms with Crippen LogP contribution >= 0.6 is 0 Å². The zero-order chi connectivity index (χ0) is 24.6. The number of hydrogen-bond donors (Lipinski definition) is 2. The molecule has 1 heterocycles. The van der Waals surface area contributed by atoms with Crippen LogP contribution in [0.1, 0.15) is 40.0 Å². The van der Waals surface area contributed by atoms with Crippen molar-refractivity contribution in [3.8, 4) is 5.69 Å². The summed E-state index contributed by atoms with van der Waals surface area (Å²) in [7, 11) is -3.56. The van der Waals surface area contributed by atoms with Crippen LogP contribution < -0.4 is 11.3 Å². The Hall–Kier alpha value is -3.44. The minimum absolute atomic E-state index is 0.0478. The van der Waals surface area contributed by atoms with E-state index in [-0.39, 0.29) is 21.8 Å². The Morgan fingerprint density at radius 3 is 2.45 bits per heavy atom. The van der Waals surface area contributed by atoms with Crippen molar-refractivity contribution in [2.24, 2.45) is 5.73 Å². The maximum absolute atomic E-state index is 13.9. The summed E-state index contributed by atoms with van der Waals surface area (Å²) in [6.45, 7) is 0.217. The number of nitrogens with zero attached hydrogens (tertiary/aromatic N) is 2. The van der Waals surface area contributed by atoms with Gasteiger partial charge < -0.3 is 10.8 Å². The van der Waals surface area contributed by atoms with Crippen LogP contribution in [-0.2, 0) is 15.8 Å². The molecule has 33 heavy (non-hydrogen) atoms. The molecule has 174 valence electrons. The van der Waals surface area contributed by atoms with Gasteiger partial charge in [0.05, 0.1) is 10.6 Å². The highest BCUT2D eigenvalue weighted by molar-refractivity contribution is 7.90. The molecule has 3 N–H and O–H groups in total. The van der Waals surface area contributed by atoms with Crippen LogP contribution in [0.2, 0.25) is 0 Å². The van der Waals surface area contributed by atoms with Crippen molar-refractivity contribution in [1.82, 2.24) is 9.78 Å². The minimum atomic E-state index is -3.56. The number of benzene rings is 2. The third-order valence-electron chi connectivity index (χ3n) is 5.16. The van der Waals surface area contributed by atoms with E-state index < -0.39 is 45.3 Å². The van der Waals surface area contributed by atoms with Crippen LogP contribution in [-0.4, -0.2) is 42.1 Å². The molecule has 1 aromatic heterocycles. The highest BCUT2D eigenvalue weighted by atomic mass is 32.2. The molecule has 0 radical (unpaired) electrons. The lowest BCUT2D eigenvalue weighted by molar-refractivity contribution is -0.0556. The third kappa shape index (κ3) is 4.99. The fourth-order valence-corrected chi connectivity index (χ4v) is 3.99. The topological polar surface area (TPSA) is 132 Å². The van der Waals surface area contributed by atoms with Crippen LogP contribution in [0, 0.1) is 0 Å². The molecule has 1 unspecified atom stereocenters. The van der Waals surface area contributed by atoms with Gasteiger partial charge in [0.25, 0.3) is 17.4 Å². The van der Waals surface area contributed by atoms with Crippen LogP contribution in [0.15, 0.2) is 64.3 Å². The fourth-order valence-electron chi connectivity index (χ4n) is 3.33. The predicted octanol–water partition coefficient (Wildman–Crippen LogP) is 1.97. The average Bonchev–Trinajstić information content (AvgIpc) is 2.77. The second kappa shape index (κ2) is 8.83. The quantitative estimate of drug-likeness (QED) is 0.535. The molecule has 2 aromatic carbocycles. The summed E-state index contributed by atoms with van der Waals surface area (Å²) >= 11 is 0. The Labute approximate surface area is 188 Å². The van der Waals surface area contributed by atoms with Gasteiger partial charge >= 0.3 is 0 Å². The maximum atomic E-state index is 13.9. The fraction of sp³-hybridized carbons (Fsp3) is 0.227. The summed E-state index contributed by atoms with van der Waals surface area (Å²) in [5.41, 5.74) is 4.68. The number of aliphatic hydroxyl groups excluding tert-OH is 1. The molecule has 0 spiro atoms. The number of sulfone groups is 1. The van der Waals surface area contributed by atoms with E-state index in [4.69, 9.17) is 10.8 Å². The minimum Gasteiger partial charge on any atom is -0.390 e. The first-order valence-electron chi connectivity index (χ1n) is 9.69. The zero-order valence-electron chi connectivity index (χ0n) is 17.7. The SMILES string of the molecule is CC(c1cccc(C(F)(F)CO)c1)c1cc(=O)n(-c2cccc(S(C)(=O)=O)c2)nc1C(N)=O. The number of amides is 1. The summed E-state index contributed by atoms with van der Waals surface area (Å²) in [6, 6.07) is 11.8. The molecule has 11 heteroatoms. The Bertz CT molecular complexity index is 1390. The summed E-state index contributed by atoms with van der Waals surface area (Å²) in [6.07, 6.45) is 1.01. The summed E-state index contributed by atoms with van der Waals surface area (Å²) in [4.78, 5) is 24.9. The Balaban J connectivity index is 2.15. The van der Waals surface area contributed by atoms with Crippen molar-refractivity contribution in [2.45, 2.75) is 23.7 Å². The van der Waals surface area contributed by atoms with Crippen LogP contribution in [0.4, 0.5) is 8.78 Å². The van der Waals surface area contributed by atoms with Gasteiger partial charge in [-0.3, -0.25) is 9.59 Å². The van der Waals surface area contributed by atoms with Gasteiger partial charge in [-0.05, 0) is 35.4 Å². The van der Waals surface area contributed by atoms with Gasteiger partial charge in [0.15, 0.2) is 15.5 Å². The number of alkyl halides is 2. The molecule has 1 amide bonds. The van der Waals surface area contributed by atoms with Crippen molar-refractivity contribution >= 4 is 15.7 Å². The number of hydrogen-bond acceptors (Lipinski definition) is 6. The Morgan fingerprint density at radius 1 is 1.18 bits per heavy atom. The number of nitrogens with two attached hydrogens (primary N) is 1. The van der Waals surface area contributed by atoms with Gasteiger partial charge in [-0.2, -0.15) is 18.6 Å². The monoisotopic (exact) mass is 477 g/mol. The molecule has 0 fully saturated rings. The molecule has 0 saturated heterocycles. The van der Waals surface area contributed by atoms with Crippen molar-refractivity contribution < 1.29 is 27.1 Å². The molecule has 3 aromatic rings. The lowest BCUT2D eigenvalue weighted by Crippen LogP contribution is -2.28. The molecule has 3 rings (SSSR count). The lowest BCUT2D eigenvalue weighted by atomic mass is 9.90. The zero-order valence-corrected chi connectivity index (χ0v) is 18.5. The second-order valence-corrected chi connectivity index (χ2v) is 9.56. The maximum Gasteiger partial charge on any atom is 0.295 e. The Morgan fingerprint density at radius 2 is 1.85 bits per heavy atom. The van der Waals surface area contributed by atoms with E-state index in [0.29, 0.717) is 5.56 Å². The molecular formula is C22H21F2N3O5S. The van der Waals surface area contributed by atoms with Gasteiger partial charge in [-0.15, -0.1) is 0 Å². The smallest absolute Gasteiger partial charge is 0.295 e. The second-order valence-electron chi connectivity index (χ2n) is 7.54. The van der Waals surface area contributed by atoms with Crippen LogP contribution in [0.3, 0.4) is 0 Å². The van der Waals surface area contributed by atoms with E-state index in [1.165, 1.54) is 42.5 Å². The first kappa shape index (κ1) is 24.2. The van der Waals surface area contributed by atoms with E-state index in [1.54, 1.807) is 6.92 Å². The molecule has 0 saturated carbocycles.